The van der Waals surface area contributed by atoms with Gasteiger partial charge in [-0.3, -0.25) is 57.5 Å². The number of hydrogen-bond donors (Lipinski definition) is 4. The van der Waals surface area contributed by atoms with Gasteiger partial charge < -0.3 is 30.7 Å². The van der Waals surface area contributed by atoms with Crippen molar-refractivity contribution in [1.29, 1.82) is 0 Å². The fraction of sp³-hybridized carbons (Fsp3) is 0.357. The molecule has 0 bridgehead atoms. The van der Waals surface area contributed by atoms with E-state index in [2.05, 4.69) is 21.3 Å². The molecule has 8 aliphatic rings. The first-order valence-corrected chi connectivity index (χ1v) is 25.1. The number of benzene rings is 4. The topological polar surface area (TPSA) is 271 Å². The van der Waals surface area contributed by atoms with Crippen molar-refractivity contribution in [2.45, 2.75) is 88.4 Å². The molecule has 8 aliphatic carbocycles. The molecule has 4 aromatic carbocycles. The molecule has 4 amide bonds. The van der Waals surface area contributed by atoms with Gasteiger partial charge >= 0.3 is 0 Å². The van der Waals surface area contributed by atoms with Crippen molar-refractivity contribution >= 4 is 69.9 Å². The largest absolute Gasteiger partial charge is 0.457 e. The summed E-state index contributed by atoms with van der Waals surface area (Å²) in [6, 6.07) is 16.1. The molecule has 18 nitrogen and oxygen atoms in total. The highest BCUT2D eigenvalue weighted by molar-refractivity contribution is 6.38. The monoisotopic (exact) mass is 998 g/mol. The van der Waals surface area contributed by atoms with Crippen LogP contribution in [-0.4, -0.2) is 94.1 Å². The quantitative estimate of drug-likeness (QED) is 0.127. The van der Waals surface area contributed by atoms with Crippen molar-refractivity contribution < 1.29 is 67.0 Å². The second-order valence-corrected chi connectivity index (χ2v) is 20.7. The van der Waals surface area contributed by atoms with Crippen molar-refractivity contribution in [2.75, 3.05) is 0 Å². The molecule has 0 aliphatic heterocycles. The lowest BCUT2D eigenvalue weighted by Gasteiger charge is -2.16. The number of carbonyl (C=O) groups is 12. The Balaban J connectivity index is 0.625. The fourth-order valence-electron chi connectivity index (χ4n) is 11.8. The van der Waals surface area contributed by atoms with Crippen LogP contribution in [0.1, 0.15) is 147 Å². The molecule has 0 saturated heterocycles. The highest BCUT2D eigenvalue weighted by atomic mass is 16.5. The van der Waals surface area contributed by atoms with Gasteiger partial charge in [-0.1, -0.05) is 12.8 Å². The smallest absolute Gasteiger partial charge is 0.239 e. The summed E-state index contributed by atoms with van der Waals surface area (Å²) in [5.74, 6) is -13.2. The third kappa shape index (κ3) is 8.03. The number of amides is 4. The Hall–Kier alpha value is -8.28. The summed E-state index contributed by atoms with van der Waals surface area (Å²) in [5, 5.41) is 11.3. The Kier molecular flexibility index (Phi) is 11.2. The Morgan fingerprint density at radius 1 is 0.351 bits per heavy atom. The van der Waals surface area contributed by atoms with Crippen molar-refractivity contribution in [1.82, 2.24) is 21.3 Å². The van der Waals surface area contributed by atoms with Gasteiger partial charge in [0.25, 0.3) is 0 Å². The van der Waals surface area contributed by atoms with Crippen LogP contribution >= 0.6 is 0 Å². The van der Waals surface area contributed by atoms with E-state index in [0.717, 1.165) is 38.5 Å². The van der Waals surface area contributed by atoms with E-state index in [1.165, 1.54) is 72.8 Å². The number of Topliss-reactive ketones (excluding diaryl/α,β-unsaturated/α-hetero) is 8. The van der Waals surface area contributed by atoms with Crippen LogP contribution in [0.4, 0.5) is 0 Å². The van der Waals surface area contributed by atoms with Crippen LogP contribution in [0.5, 0.6) is 23.0 Å². The average molecular weight is 999 g/mol. The average Bonchev–Trinajstić information content (AvgIpc) is 4.06. The van der Waals surface area contributed by atoms with E-state index in [1.807, 2.05) is 0 Å². The first kappa shape index (κ1) is 46.8. The molecule has 12 rings (SSSR count). The Morgan fingerprint density at radius 3 is 1.03 bits per heavy atom. The lowest BCUT2D eigenvalue weighted by molar-refractivity contribution is -0.124. The van der Waals surface area contributed by atoms with E-state index in [4.69, 9.17) is 9.47 Å². The van der Waals surface area contributed by atoms with E-state index in [-0.39, 0.29) is 104 Å². The highest BCUT2D eigenvalue weighted by Crippen LogP contribution is 2.46. The molecule has 8 unspecified atom stereocenters. The fourth-order valence-corrected chi connectivity index (χ4v) is 11.8. The van der Waals surface area contributed by atoms with E-state index in [9.17, 15) is 57.5 Å². The van der Waals surface area contributed by atoms with E-state index in [0.29, 0.717) is 25.7 Å². The Bertz CT molecular complexity index is 3310. The number of hydrogen-bond acceptors (Lipinski definition) is 14. The second kappa shape index (κ2) is 17.7. The zero-order valence-electron chi connectivity index (χ0n) is 39.5. The summed E-state index contributed by atoms with van der Waals surface area (Å²) in [6.07, 6.45) is 7.47. The van der Waals surface area contributed by atoms with Gasteiger partial charge in [-0.15, -0.1) is 0 Å². The predicted molar refractivity (Wildman–Crippen MR) is 255 cm³/mol. The van der Waals surface area contributed by atoms with E-state index >= 15 is 0 Å². The minimum atomic E-state index is -1.60. The molecule has 8 atom stereocenters. The maximum atomic E-state index is 13.7. The molecule has 0 heterocycles. The minimum Gasteiger partial charge on any atom is -0.457 e. The van der Waals surface area contributed by atoms with Crippen LogP contribution in [0.3, 0.4) is 0 Å². The Labute approximate surface area is 421 Å². The molecule has 74 heavy (non-hydrogen) atoms. The molecule has 18 heteroatoms. The maximum absolute atomic E-state index is 13.7. The first-order valence-electron chi connectivity index (χ1n) is 25.1. The van der Waals surface area contributed by atoms with Gasteiger partial charge in [0.1, 0.15) is 23.0 Å². The van der Waals surface area contributed by atoms with Gasteiger partial charge in [0.15, 0.2) is 69.9 Å². The van der Waals surface area contributed by atoms with Gasteiger partial charge in [0.05, 0.1) is 0 Å². The summed E-state index contributed by atoms with van der Waals surface area (Å²) in [6.45, 7) is 0. The third-order valence-electron chi connectivity index (χ3n) is 15.9. The second-order valence-electron chi connectivity index (χ2n) is 20.7. The summed E-state index contributed by atoms with van der Waals surface area (Å²) in [4.78, 5) is 159. The van der Waals surface area contributed by atoms with Crippen molar-refractivity contribution in [3.05, 3.63) is 117 Å². The van der Waals surface area contributed by atoms with Crippen LogP contribution < -0.4 is 30.7 Å². The summed E-state index contributed by atoms with van der Waals surface area (Å²) in [7, 11) is 0. The molecule has 0 radical (unpaired) electrons. The van der Waals surface area contributed by atoms with Crippen LogP contribution in [0.15, 0.2) is 72.8 Å². The van der Waals surface area contributed by atoms with Crippen LogP contribution in [0.2, 0.25) is 0 Å². The van der Waals surface area contributed by atoms with Crippen LogP contribution in [0, 0.1) is 35.5 Å². The van der Waals surface area contributed by atoms with Gasteiger partial charge in [-0.25, -0.2) is 0 Å². The molecule has 4 aromatic rings. The molecule has 0 aromatic heterocycles. The summed E-state index contributed by atoms with van der Waals surface area (Å²) < 4.78 is 11.9. The lowest BCUT2D eigenvalue weighted by atomic mass is 10.00. The molecule has 0 spiro atoms. The molecule has 4 saturated carbocycles. The number of ketones is 8. The molecular formula is C56H46N4O14. The van der Waals surface area contributed by atoms with Gasteiger partial charge in [0, 0.05) is 68.7 Å². The van der Waals surface area contributed by atoms with Crippen molar-refractivity contribution in [2.24, 2.45) is 35.5 Å². The predicted octanol–water partition coefficient (Wildman–Crippen LogP) is 5.08. The minimum absolute atomic E-state index is 0.000392. The van der Waals surface area contributed by atoms with Crippen LogP contribution in [-0.2, 0) is 19.2 Å². The van der Waals surface area contributed by atoms with E-state index < -0.39 is 93.6 Å². The Morgan fingerprint density at radius 2 is 0.662 bits per heavy atom. The zero-order chi connectivity index (χ0) is 51.4. The van der Waals surface area contributed by atoms with Gasteiger partial charge in [-0.2, -0.15) is 0 Å². The standard InChI is InChI=1S/C56H46N4O14/c61-45-31-13-9-27(18-36(31)49(65)41(45)53(69)57-24-3-1-2-4-24)73-29-11-15-33-38(20-29)51(67)43(47(33)63)55(71)59-26-6-5-23(17-26)35-22-40(35)60-56(72)44-48(64)34-16-12-30(21-39(34)52(44)68)74-28-10-14-32-37(19-28)50(66)42(46(32)62)54(70)58-25-7-8-25/h9-16,18-21,23-26,35,40-44H,1-8,17,22H2,(H,57,69)(H,58,70)(H,59,71)(H,60,72). The van der Waals surface area contributed by atoms with Gasteiger partial charge in [-0.05, 0) is 136 Å². The number of fused-ring (bicyclic) bond motifs is 4. The normalized spacial score (nSPS) is 26.4. The van der Waals surface area contributed by atoms with Crippen LogP contribution in [0.25, 0.3) is 0 Å². The first-order chi connectivity index (χ1) is 35.6. The number of nitrogens with one attached hydrogen (secondary N) is 4. The molecule has 4 N–H and O–H groups in total. The lowest BCUT2D eigenvalue weighted by Crippen LogP contribution is -2.41. The summed E-state index contributed by atoms with van der Waals surface area (Å²) in [5.41, 5.74) is 0.439. The van der Waals surface area contributed by atoms with E-state index in [1.54, 1.807) is 0 Å². The molecular weight excluding hydrogens is 953 g/mol. The summed E-state index contributed by atoms with van der Waals surface area (Å²) >= 11 is 0. The van der Waals surface area contributed by atoms with Crippen molar-refractivity contribution in [3.8, 4) is 23.0 Å². The zero-order valence-corrected chi connectivity index (χ0v) is 39.5. The SMILES string of the molecule is O=C(NC1CCCC1)C1C(=O)c2ccc(Oc3ccc4c(c3)C(=O)C(C(=O)NC3CCC(C5CC5NC(=O)C5C(=O)c6ccc(Oc7ccc8c(c7)C(=O)C(C(=O)NC7CC7)C8=O)cc6C5=O)C3)C4=O)cc2C1=O. The van der Waals surface area contributed by atoms with Crippen molar-refractivity contribution in [3.63, 3.8) is 0 Å². The number of carbonyl (C=O) groups excluding carboxylic acids is 12. The molecule has 374 valence electrons. The molecule has 4 fully saturated rings. The number of ether oxygens (including phenoxy) is 2. The highest BCUT2D eigenvalue weighted by Gasteiger charge is 2.52. The van der Waals surface area contributed by atoms with Gasteiger partial charge in [0.2, 0.25) is 23.6 Å². The third-order valence-corrected chi connectivity index (χ3v) is 15.9. The number of rotatable bonds is 13. The maximum Gasteiger partial charge on any atom is 0.239 e.